The van der Waals surface area contributed by atoms with Crippen molar-refractivity contribution in [1.29, 1.82) is 0 Å². The Morgan fingerprint density at radius 3 is 2.17 bits per heavy atom. The zero-order valence-electron chi connectivity index (χ0n) is 12.9. The highest BCUT2D eigenvalue weighted by molar-refractivity contribution is 5.76. The smallest absolute Gasteiger partial charge is 0.130 e. The number of rotatable bonds is 2. The van der Waals surface area contributed by atoms with Crippen molar-refractivity contribution >= 4 is 5.78 Å². The summed E-state index contributed by atoms with van der Waals surface area (Å²) in [5.41, 5.74) is 0.833. The molecule has 0 aromatic rings. The van der Waals surface area contributed by atoms with Crippen molar-refractivity contribution < 1.29 is 4.79 Å². The summed E-state index contributed by atoms with van der Waals surface area (Å²) < 4.78 is 0. The molecule has 0 aromatic carbocycles. The van der Waals surface area contributed by atoms with Gasteiger partial charge in [-0.1, -0.05) is 34.1 Å². The van der Waals surface area contributed by atoms with E-state index in [-0.39, 0.29) is 0 Å². The van der Waals surface area contributed by atoms with Gasteiger partial charge in [0.2, 0.25) is 0 Å². The van der Waals surface area contributed by atoms with Crippen LogP contribution in [0.15, 0.2) is 0 Å². The minimum absolute atomic E-state index is 0.355. The molecule has 0 bridgehead atoms. The molecule has 3 unspecified atom stereocenters. The van der Waals surface area contributed by atoms with E-state index in [4.69, 9.17) is 0 Å². The fourth-order valence-electron chi connectivity index (χ4n) is 5.11. The zero-order chi connectivity index (χ0) is 13.6. The molecule has 1 heteroatoms. The van der Waals surface area contributed by atoms with Crippen LogP contribution in [0.25, 0.3) is 0 Å². The summed E-state index contributed by atoms with van der Waals surface area (Å²) in [5, 5.41) is 0. The normalized spacial score (nSPS) is 43.3. The molecule has 3 atom stereocenters. The lowest BCUT2D eigenvalue weighted by Gasteiger charge is -2.51. The average molecular weight is 250 g/mol. The SMILES string of the molecule is CC(=O)CC1C(C)(C)CCCC12CC(C)C(C)C2. The Morgan fingerprint density at radius 1 is 1.11 bits per heavy atom. The van der Waals surface area contributed by atoms with Crippen LogP contribution in [0, 0.1) is 28.6 Å². The van der Waals surface area contributed by atoms with Crippen LogP contribution in [0.4, 0.5) is 0 Å². The van der Waals surface area contributed by atoms with Crippen LogP contribution in [0.2, 0.25) is 0 Å². The first-order chi connectivity index (χ1) is 8.27. The van der Waals surface area contributed by atoms with Crippen LogP contribution >= 0.6 is 0 Å². The molecule has 2 aliphatic rings. The first-order valence-corrected chi connectivity index (χ1v) is 7.76. The second-order valence-corrected chi connectivity index (χ2v) is 8.03. The third-order valence-corrected chi connectivity index (χ3v) is 6.10. The molecule has 0 aromatic heterocycles. The molecule has 2 aliphatic carbocycles. The molecule has 0 heterocycles. The molecule has 2 saturated carbocycles. The van der Waals surface area contributed by atoms with Crippen LogP contribution in [-0.2, 0) is 4.79 Å². The molecule has 0 aliphatic heterocycles. The first-order valence-electron chi connectivity index (χ1n) is 7.76. The van der Waals surface area contributed by atoms with E-state index in [1.54, 1.807) is 6.92 Å². The van der Waals surface area contributed by atoms with E-state index in [1.165, 1.54) is 32.1 Å². The molecule has 2 fully saturated rings. The van der Waals surface area contributed by atoms with Gasteiger partial charge in [0.25, 0.3) is 0 Å². The lowest BCUT2D eigenvalue weighted by molar-refractivity contribution is -0.122. The minimum Gasteiger partial charge on any atom is -0.300 e. The summed E-state index contributed by atoms with van der Waals surface area (Å²) in [6.07, 6.45) is 7.55. The molecule has 0 radical (unpaired) electrons. The number of carbonyl (C=O) groups is 1. The number of Topliss-reactive ketones (excluding diaryl/α,β-unsaturated/α-hetero) is 1. The van der Waals surface area contributed by atoms with Crippen LogP contribution in [0.5, 0.6) is 0 Å². The van der Waals surface area contributed by atoms with Crippen LogP contribution < -0.4 is 0 Å². The Bertz CT molecular complexity index is 319. The van der Waals surface area contributed by atoms with Crippen molar-refractivity contribution in [2.45, 2.75) is 73.1 Å². The molecule has 2 rings (SSSR count). The van der Waals surface area contributed by atoms with E-state index in [9.17, 15) is 4.79 Å². The van der Waals surface area contributed by atoms with E-state index >= 15 is 0 Å². The van der Waals surface area contributed by atoms with Gasteiger partial charge in [-0.3, -0.25) is 0 Å². The Morgan fingerprint density at radius 2 is 1.67 bits per heavy atom. The monoisotopic (exact) mass is 250 g/mol. The van der Waals surface area contributed by atoms with Crippen molar-refractivity contribution in [2.75, 3.05) is 0 Å². The molecule has 0 saturated heterocycles. The Balaban J connectivity index is 2.29. The van der Waals surface area contributed by atoms with Gasteiger partial charge < -0.3 is 4.79 Å². The summed E-state index contributed by atoms with van der Waals surface area (Å²) in [6.45, 7) is 11.4. The molecule has 1 nitrogen and oxygen atoms in total. The standard InChI is InChI=1S/C17H30O/c1-12-10-17(11-13(12)2)8-6-7-16(4,5)15(17)9-14(3)18/h12-13,15H,6-11H2,1-5H3. The van der Waals surface area contributed by atoms with Crippen molar-refractivity contribution in [2.24, 2.45) is 28.6 Å². The van der Waals surface area contributed by atoms with Crippen molar-refractivity contribution in [1.82, 2.24) is 0 Å². The summed E-state index contributed by atoms with van der Waals surface area (Å²) in [7, 11) is 0. The Kier molecular flexibility index (Phi) is 3.64. The van der Waals surface area contributed by atoms with Crippen LogP contribution in [0.1, 0.15) is 73.1 Å². The largest absolute Gasteiger partial charge is 0.300 e. The number of hydrogen-bond donors (Lipinski definition) is 0. The number of carbonyl (C=O) groups excluding carboxylic acids is 1. The molecule has 104 valence electrons. The third-order valence-electron chi connectivity index (χ3n) is 6.10. The van der Waals surface area contributed by atoms with Gasteiger partial charge in [-0.2, -0.15) is 0 Å². The predicted molar refractivity (Wildman–Crippen MR) is 76.4 cm³/mol. The third kappa shape index (κ3) is 2.38. The minimum atomic E-state index is 0.355. The second kappa shape index (κ2) is 4.65. The predicted octanol–water partition coefficient (Wildman–Crippen LogP) is 4.84. The lowest BCUT2D eigenvalue weighted by Crippen LogP contribution is -2.43. The maximum absolute atomic E-state index is 11.7. The molecular weight excluding hydrogens is 220 g/mol. The van der Waals surface area contributed by atoms with E-state index in [0.29, 0.717) is 22.5 Å². The maximum Gasteiger partial charge on any atom is 0.130 e. The van der Waals surface area contributed by atoms with Crippen molar-refractivity contribution in [3.05, 3.63) is 0 Å². The van der Waals surface area contributed by atoms with Gasteiger partial charge in [0.1, 0.15) is 5.78 Å². The van der Waals surface area contributed by atoms with E-state index in [2.05, 4.69) is 27.7 Å². The van der Waals surface area contributed by atoms with Crippen molar-refractivity contribution in [3.63, 3.8) is 0 Å². The Hall–Kier alpha value is -0.330. The molecule has 1 spiro atoms. The topological polar surface area (TPSA) is 17.1 Å². The highest BCUT2D eigenvalue weighted by Crippen LogP contribution is 2.62. The van der Waals surface area contributed by atoms with Gasteiger partial charge in [-0.15, -0.1) is 0 Å². The number of ketones is 1. The van der Waals surface area contributed by atoms with Gasteiger partial charge >= 0.3 is 0 Å². The first kappa shape index (κ1) is 14.1. The van der Waals surface area contributed by atoms with Gasteiger partial charge in [0.05, 0.1) is 0 Å². The van der Waals surface area contributed by atoms with Gasteiger partial charge in [0, 0.05) is 6.42 Å². The molecule has 0 amide bonds. The molecular formula is C17H30O. The summed E-state index contributed by atoms with van der Waals surface area (Å²) in [4.78, 5) is 11.7. The zero-order valence-corrected chi connectivity index (χ0v) is 12.9. The summed E-state index contributed by atoms with van der Waals surface area (Å²) in [6, 6.07) is 0. The highest BCUT2D eigenvalue weighted by atomic mass is 16.1. The van der Waals surface area contributed by atoms with E-state index < -0.39 is 0 Å². The lowest BCUT2D eigenvalue weighted by atomic mass is 9.53. The Labute approximate surface area is 113 Å². The molecule has 0 N–H and O–H groups in total. The summed E-state index contributed by atoms with van der Waals surface area (Å²) >= 11 is 0. The highest BCUT2D eigenvalue weighted by Gasteiger charge is 2.53. The fourth-order valence-corrected chi connectivity index (χ4v) is 5.11. The van der Waals surface area contributed by atoms with Gasteiger partial charge in [-0.25, -0.2) is 0 Å². The summed E-state index contributed by atoms with van der Waals surface area (Å²) in [5.74, 6) is 2.69. The maximum atomic E-state index is 11.7. The van der Waals surface area contributed by atoms with Gasteiger partial charge in [-0.05, 0) is 61.2 Å². The van der Waals surface area contributed by atoms with Crippen LogP contribution in [-0.4, -0.2) is 5.78 Å². The average Bonchev–Trinajstić information content (AvgIpc) is 2.49. The second-order valence-electron chi connectivity index (χ2n) is 8.03. The van der Waals surface area contributed by atoms with Gasteiger partial charge in [0.15, 0.2) is 0 Å². The number of hydrogen-bond acceptors (Lipinski definition) is 1. The van der Waals surface area contributed by atoms with E-state index in [0.717, 1.165) is 18.3 Å². The van der Waals surface area contributed by atoms with Crippen molar-refractivity contribution in [3.8, 4) is 0 Å². The quantitative estimate of drug-likeness (QED) is 0.685. The fraction of sp³-hybridized carbons (Fsp3) is 0.941. The molecule has 18 heavy (non-hydrogen) atoms. The van der Waals surface area contributed by atoms with Crippen LogP contribution in [0.3, 0.4) is 0 Å². The van der Waals surface area contributed by atoms with E-state index in [1.807, 2.05) is 0 Å².